The van der Waals surface area contributed by atoms with Crippen LogP contribution in [0.5, 0.6) is 0 Å². The van der Waals surface area contributed by atoms with Crippen LogP contribution in [0.3, 0.4) is 0 Å². The Morgan fingerprint density at radius 2 is 1.87 bits per heavy atom. The van der Waals surface area contributed by atoms with Crippen molar-refractivity contribution in [3.05, 3.63) is 47.2 Å². The molecule has 0 fully saturated rings. The molecule has 1 aliphatic heterocycles. The second-order valence-corrected chi connectivity index (χ2v) is 3.25. The smallest absolute Gasteiger partial charge is 0.192 e. The Hall–Kier alpha value is -1.71. The molecule has 1 aromatic rings. The normalized spacial score (nSPS) is 14.7. The van der Waals surface area contributed by atoms with Crippen molar-refractivity contribution in [3.63, 3.8) is 0 Å². The summed E-state index contributed by atoms with van der Waals surface area (Å²) in [6, 6.07) is 2.77. The summed E-state index contributed by atoms with van der Waals surface area (Å²) in [6.07, 6.45) is 1.82. The molecule has 0 saturated carbocycles. The molecule has 1 aliphatic rings. The second-order valence-electron chi connectivity index (χ2n) is 3.25. The van der Waals surface area contributed by atoms with Gasteiger partial charge in [0.2, 0.25) is 0 Å². The molecule has 0 radical (unpaired) electrons. The number of hydrogen-bond acceptors (Lipinski definition) is 2. The molecule has 0 unspecified atom stereocenters. The van der Waals surface area contributed by atoms with Gasteiger partial charge in [0.15, 0.2) is 5.78 Å². The van der Waals surface area contributed by atoms with Crippen molar-refractivity contribution in [2.24, 2.45) is 0 Å². The zero-order valence-corrected chi connectivity index (χ0v) is 7.80. The molecule has 1 aromatic carbocycles. The SMILES string of the molecule is O=C(C1=COCC1)c1cc(F)cc(F)c1. The van der Waals surface area contributed by atoms with Crippen molar-refractivity contribution in [1.29, 1.82) is 0 Å². The topological polar surface area (TPSA) is 26.3 Å². The van der Waals surface area contributed by atoms with E-state index >= 15 is 0 Å². The summed E-state index contributed by atoms with van der Waals surface area (Å²) in [6.45, 7) is 0.443. The number of benzene rings is 1. The molecule has 0 saturated heterocycles. The van der Waals surface area contributed by atoms with Crippen molar-refractivity contribution in [1.82, 2.24) is 0 Å². The van der Waals surface area contributed by atoms with Gasteiger partial charge in [-0.25, -0.2) is 8.78 Å². The lowest BCUT2D eigenvalue weighted by Gasteiger charge is -2.00. The van der Waals surface area contributed by atoms with Crippen molar-refractivity contribution in [3.8, 4) is 0 Å². The van der Waals surface area contributed by atoms with Crippen LogP contribution in [0.2, 0.25) is 0 Å². The number of rotatable bonds is 2. The molecule has 78 valence electrons. The molecular weight excluding hydrogens is 202 g/mol. The van der Waals surface area contributed by atoms with E-state index in [2.05, 4.69) is 0 Å². The Morgan fingerprint density at radius 1 is 1.20 bits per heavy atom. The molecule has 2 rings (SSSR count). The van der Waals surface area contributed by atoms with Gasteiger partial charge in [-0.15, -0.1) is 0 Å². The molecule has 0 aliphatic carbocycles. The molecular formula is C11H8F2O2. The third-order valence-electron chi connectivity index (χ3n) is 2.13. The van der Waals surface area contributed by atoms with Crippen molar-refractivity contribution in [2.45, 2.75) is 6.42 Å². The second kappa shape index (κ2) is 3.81. The summed E-state index contributed by atoms with van der Waals surface area (Å²) >= 11 is 0. The Morgan fingerprint density at radius 3 is 2.40 bits per heavy atom. The van der Waals surface area contributed by atoms with Crippen molar-refractivity contribution >= 4 is 5.78 Å². The van der Waals surface area contributed by atoms with E-state index in [0.717, 1.165) is 18.2 Å². The first-order valence-corrected chi connectivity index (χ1v) is 4.48. The summed E-state index contributed by atoms with van der Waals surface area (Å²) in [4.78, 5) is 11.7. The first-order chi connectivity index (χ1) is 7.16. The number of Topliss-reactive ketones (excluding diaryl/α,β-unsaturated/α-hetero) is 1. The molecule has 0 N–H and O–H groups in total. The van der Waals surface area contributed by atoms with Gasteiger partial charge in [0.1, 0.15) is 11.6 Å². The van der Waals surface area contributed by atoms with Crippen LogP contribution in [0, 0.1) is 11.6 Å². The van der Waals surface area contributed by atoms with E-state index in [0.29, 0.717) is 18.6 Å². The quantitative estimate of drug-likeness (QED) is 0.701. The number of hydrogen-bond donors (Lipinski definition) is 0. The number of carbonyl (C=O) groups excluding carboxylic acids is 1. The minimum atomic E-state index is -0.752. The largest absolute Gasteiger partial charge is 0.500 e. The predicted molar refractivity (Wildman–Crippen MR) is 49.3 cm³/mol. The minimum absolute atomic E-state index is 0.0178. The van der Waals surface area contributed by atoms with Crippen molar-refractivity contribution in [2.75, 3.05) is 6.61 Å². The lowest BCUT2D eigenvalue weighted by molar-refractivity contribution is 0.103. The average molecular weight is 210 g/mol. The van der Waals surface area contributed by atoms with E-state index in [-0.39, 0.29) is 11.3 Å². The molecule has 0 spiro atoms. The van der Waals surface area contributed by atoms with Crippen LogP contribution in [0.4, 0.5) is 8.78 Å². The van der Waals surface area contributed by atoms with Gasteiger partial charge in [0, 0.05) is 23.6 Å². The first kappa shape index (κ1) is 9.83. The number of carbonyl (C=O) groups is 1. The lowest BCUT2D eigenvalue weighted by Crippen LogP contribution is -2.03. The van der Waals surface area contributed by atoms with Crippen LogP contribution in [-0.2, 0) is 4.74 Å². The van der Waals surface area contributed by atoms with Gasteiger partial charge in [0.25, 0.3) is 0 Å². The van der Waals surface area contributed by atoms with E-state index in [1.54, 1.807) is 0 Å². The Balaban J connectivity index is 2.32. The highest BCUT2D eigenvalue weighted by Crippen LogP contribution is 2.18. The zero-order valence-electron chi connectivity index (χ0n) is 7.80. The average Bonchev–Trinajstić information content (AvgIpc) is 2.67. The van der Waals surface area contributed by atoms with Gasteiger partial charge in [-0.3, -0.25) is 4.79 Å². The molecule has 0 atom stereocenters. The maximum absolute atomic E-state index is 12.8. The van der Waals surface area contributed by atoms with Crippen LogP contribution in [-0.4, -0.2) is 12.4 Å². The first-order valence-electron chi connectivity index (χ1n) is 4.48. The molecule has 4 heteroatoms. The van der Waals surface area contributed by atoms with Gasteiger partial charge in [-0.1, -0.05) is 0 Å². The standard InChI is InChI=1S/C11H8F2O2/c12-9-3-8(4-10(13)5-9)11(14)7-1-2-15-6-7/h3-6H,1-2H2. The fraction of sp³-hybridized carbons (Fsp3) is 0.182. The molecule has 15 heavy (non-hydrogen) atoms. The Labute approximate surface area is 85.2 Å². The monoisotopic (exact) mass is 210 g/mol. The molecule has 2 nitrogen and oxygen atoms in total. The summed E-state index contributed by atoms with van der Waals surface area (Å²) < 4.78 is 30.6. The summed E-state index contributed by atoms with van der Waals surface area (Å²) in [5.41, 5.74) is 0.462. The van der Waals surface area contributed by atoms with Gasteiger partial charge in [0.05, 0.1) is 12.9 Å². The highest BCUT2D eigenvalue weighted by molar-refractivity contribution is 6.08. The summed E-state index contributed by atoms with van der Waals surface area (Å²) in [5.74, 6) is -1.89. The number of ether oxygens (including phenoxy) is 1. The number of ketones is 1. The minimum Gasteiger partial charge on any atom is -0.500 e. The van der Waals surface area contributed by atoms with Crippen LogP contribution in [0.25, 0.3) is 0 Å². The highest BCUT2D eigenvalue weighted by atomic mass is 19.1. The fourth-order valence-electron chi connectivity index (χ4n) is 1.42. The van der Waals surface area contributed by atoms with E-state index in [9.17, 15) is 13.6 Å². The van der Waals surface area contributed by atoms with Crippen LogP contribution in [0.1, 0.15) is 16.8 Å². The third kappa shape index (κ3) is 2.03. The van der Waals surface area contributed by atoms with Gasteiger partial charge in [-0.05, 0) is 12.1 Å². The van der Waals surface area contributed by atoms with Gasteiger partial charge < -0.3 is 4.74 Å². The van der Waals surface area contributed by atoms with E-state index in [4.69, 9.17) is 4.74 Å². The summed E-state index contributed by atoms with van der Waals surface area (Å²) in [7, 11) is 0. The van der Waals surface area contributed by atoms with Gasteiger partial charge in [-0.2, -0.15) is 0 Å². The van der Waals surface area contributed by atoms with Crippen LogP contribution < -0.4 is 0 Å². The van der Waals surface area contributed by atoms with E-state index in [1.807, 2.05) is 0 Å². The molecule has 0 aromatic heterocycles. The van der Waals surface area contributed by atoms with Crippen LogP contribution >= 0.6 is 0 Å². The predicted octanol–water partition coefficient (Wildman–Crippen LogP) is 2.45. The lowest BCUT2D eigenvalue weighted by atomic mass is 10.0. The maximum atomic E-state index is 12.8. The summed E-state index contributed by atoms with van der Waals surface area (Å²) in [5, 5.41) is 0. The van der Waals surface area contributed by atoms with Crippen LogP contribution in [0.15, 0.2) is 30.0 Å². The molecule has 1 heterocycles. The maximum Gasteiger partial charge on any atom is 0.192 e. The van der Waals surface area contributed by atoms with Crippen molar-refractivity contribution < 1.29 is 18.3 Å². The van der Waals surface area contributed by atoms with E-state index in [1.165, 1.54) is 6.26 Å². The fourth-order valence-corrected chi connectivity index (χ4v) is 1.42. The zero-order chi connectivity index (χ0) is 10.8. The third-order valence-corrected chi connectivity index (χ3v) is 2.13. The molecule has 0 bridgehead atoms. The number of halogens is 2. The Bertz CT molecular complexity index is 418. The molecule has 0 amide bonds. The van der Waals surface area contributed by atoms with Gasteiger partial charge >= 0.3 is 0 Å². The van der Waals surface area contributed by atoms with E-state index < -0.39 is 11.6 Å². The highest BCUT2D eigenvalue weighted by Gasteiger charge is 2.17. The Kier molecular flexibility index (Phi) is 2.49.